The summed E-state index contributed by atoms with van der Waals surface area (Å²) in [5.41, 5.74) is 2.68. The average molecular weight is 429 g/mol. The molecule has 0 unspecified atom stereocenters. The lowest BCUT2D eigenvalue weighted by Crippen LogP contribution is -2.36. The lowest BCUT2D eigenvalue weighted by molar-refractivity contribution is 0.0737. The van der Waals surface area contributed by atoms with E-state index in [-0.39, 0.29) is 17.8 Å². The van der Waals surface area contributed by atoms with Crippen LogP contribution < -0.4 is 4.74 Å². The van der Waals surface area contributed by atoms with Gasteiger partial charge in [0.25, 0.3) is 5.91 Å². The number of ether oxygens (including phenoxy) is 2. The lowest BCUT2D eigenvalue weighted by Gasteiger charge is -2.24. The number of carbonyl (C=O) groups excluding carboxylic acids is 1. The summed E-state index contributed by atoms with van der Waals surface area (Å²) < 4.78 is 13.5. The number of pyridine rings is 1. The number of hydrogen-bond donors (Lipinski definition) is 0. The zero-order chi connectivity index (χ0) is 21.8. The van der Waals surface area contributed by atoms with E-state index < -0.39 is 0 Å². The Morgan fingerprint density at radius 2 is 2.00 bits per heavy atom. The van der Waals surface area contributed by atoms with Crippen LogP contribution in [0.15, 0.2) is 73.4 Å². The van der Waals surface area contributed by atoms with E-state index in [1.54, 1.807) is 48.9 Å². The molecule has 0 N–H and O–H groups in total. The Morgan fingerprint density at radius 1 is 1.09 bits per heavy atom. The Morgan fingerprint density at radius 3 is 2.91 bits per heavy atom. The van der Waals surface area contributed by atoms with Gasteiger partial charge < -0.3 is 18.8 Å². The predicted molar refractivity (Wildman–Crippen MR) is 118 cm³/mol. The van der Waals surface area contributed by atoms with Crippen LogP contribution in [-0.2, 0) is 11.2 Å². The van der Waals surface area contributed by atoms with Gasteiger partial charge in [0.15, 0.2) is 0 Å². The minimum atomic E-state index is -0.0370. The monoisotopic (exact) mass is 429 g/mol. The second-order valence-electron chi connectivity index (χ2n) is 7.79. The van der Waals surface area contributed by atoms with Crippen molar-refractivity contribution in [2.75, 3.05) is 26.3 Å². The van der Waals surface area contributed by atoms with Crippen molar-refractivity contribution in [2.45, 2.75) is 6.42 Å². The Hall–Kier alpha value is -3.78. The zero-order valence-corrected chi connectivity index (χ0v) is 17.5. The highest BCUT2D eigenvalue weighted by atomic mass is 16.5. The van der Waals surface area contributed by atoms with Gasteiger partial charge in [-0.05, 0) is 42.3 Å². The Bertz CT molecular complexity index is 1210. The standard InChI is InChI=1S/C24H23N5O3/c30-23(20-3-1-4-21(14-20)32-24-26-7-2-8-27-24)29-11-12-31-17-19(16-29)13-18-5-6-22-25-9-10-28(22)15-18/h1-10,14-15,19H,11-13,16-17H2/t19-/m0/s1. The predicted octanol–water partition coefficient (Wildman–Crippen LogP) is 3.25. The van der Waals surface area contributed by atoms with Crippen molar-refractivity contribution in [2.24, 2.45) is 5.92 Å². The van der Waals surface area contributed by atoms with E-state index in [0.29, 0.717) is 37.6 Å². The summed E-state index contributed by atoms with van der Waals surface area (Å²) >= 11 is 0. The van der Waals surface area contributed by atoms with Gasteiger partial charge in [-0.25, -0.2) is 15.0 Å². The van der Waals surface area contributed by atoms with Crippen LogP contribution in [0.3, 0.4) is 0 Å². The number of hydrogen-bond acceptors (Lipinski definition) is 6. The Labute approximate surface area is 185 Å². The van der Waals surface area contributed by atoms with E-state index in [0.717, 1.165) is 12.1 Å². The first-order valence-electron chi connectivity index (χ1n) is 10.6. The number of imidazole rings is 1. The molecule has 3 aromatic heterocycles. The Balaban J connectivity index is 1.29. The maximum Gasteiger partial charge on any atom is 0.321 e. The van der Waals surface area contributed by atoms with E-state index >= 15 is 0 Å². The fourth-order valence-electron chi connectivity index (χ4n) is 3.93. The highest BCUT2D eigenvalue weighted by Crippen LogP contribution is 2.21. The summed E-state index contributed by atoms with van der Waals surface area (Å²) in [4.78, 5) is 27.6. The molecular weight excluding hydrogens is 406 g/mol. The number of rotatable bonds is 5. The van der Waals surface area contributed by atoms with Gasteiger partial charge in [-0.15, -0.1) is 0 Å². The second-order valence-corrected chi connectivity index (χ2v) is 7.79. The largest absolute Gasteiger partial charge is 0.424 e. The molecule has 1 atom stereocenters. The molecule has 1 amide bonds. The first-order chi connectivity index (χ1) is 15.7. The third-order valence-electron chi connectivity index (χ3n) is 5.43. The van der Waals surface area contributed by atoms with Gasteiger partial charge in [0.2, 0.25) is 0 Å². The van der Waals surface area contributed by atoms with Gasteiger partial charge in [-0.2, -0.15) is 0 Å². The fraction of sp³-hybridized carbons (Fsp3) is 0.250. The third-order valence-corrected chi connectivity index (χ3v) is 5.43. The summed E-state index contributed by atoms with van der Waals surface area (Å²) in [6.07, 6.45) is 9.86. The van der Waals surface area contributed by atoms with Gasteiger partial charge in [0, 0.05) is 55.6 Å². The van der Waals surface area contributed by atoms with Crippen LogP contribution in [0.1, 0.15) is 15.9 Å². The fourth-order valence-corrected chi connectivity index (χ4v) is 3.93. The highest BCUT2D eigenvalue weighted by Gasteiger charge is 2.24. The Kier molecular flexibility index (Phi) is 5.76. The van der Waals surface area contributed by atoms with Crippen LogP contribution in [-0.4, -0.2) is 56.5 Å². The topological polar surface area (TPSA) is 81.8 Å². The van der Waals surface area contributed by atoms with Crippen LogP contribution in [0.25, 0.3) is 5.65 Å². The maximum absolute atomic E-state index is 13.3. The summed E-state index contributed by atoms with van der Waals surface area (Å²) in [7, 11) is 0. The van der Waals surface area contributed by atoms with E-state index in [1.165, 1.54) is 5.56 Å². The number of carbonyl (C=O) groups is 1. The van der Waals surface area contributed by atoms with Crippen LogP contribution in [0.4, 0.5) is 0 Å². The molecule has 1 aromatic carbocycles. The smallest absolute Gasteiger partial charge is 0.321 e. The van der Waals surface area contributed by atoms with Gasteiger partial charge in [0.1, 0.15) is 11.4 Å². The molecule has 1 saturated heterocycles. The zero-order valence-electron chi connectivity index (χ0n) is 17.5. The van der Waals surface area contributed by atoms with Crippen LogP contribution >= 0.6 is 0 Å². The molecule has 32 heavy (non-hydrogen) atoms. The van der Waals surface area contributed by atoms with Crippen molar-refractivity contribution in [1.82, 2.24) is 24.3 Å². The van der Waals surface area contributed by atoms with Crippen molar-refractivity contribution < 1.29 is 14.3 Å². The van der Waals surface area contributed by atoms with Crippen molar-refractivity contribution in [3.05, 3.63) is 84.6 Å². The van der Waals surface area contributed by atoms with Gasteiger partial charge in [0.05, 0.1) is 13.2 Å². The van der Waals surface area contributed by atoms with Crippen LogP contribution in [0, 0.1) is 5.92 Å². The normalized spacial score (nSPS) is 16.6. The quantitative estimate of drug-likeness (QED) is 0.484. The number of benzene rings is 1. The van der Waals surface area contributed by atoms with E-state index in [9.17, 15) is 4.79 Å². The van der Waals surface area contributed by atoms with Gasteiger partial charge >= 0.3 is 6.01 Å². The first kappa shape index (κ1) is 20.1. The minimum Gasteiger partial charge on any atom is -0.424 e. The van der Waals surface area contributed by atoms with Crippen LogP contribution in [0.2, 0.25) is 0 Å². The molecule has 0 bridgehead atoms. The molecule has 1 aliphatic heterocycles. The maximum atomic E-state index is 13.3. The SMILES string of the molecule is O=C(c1cccc(Oc2ncccn2)c1)N1CCOC[C@@H](Cc2ccc3nccn3c2)C1. The van der Waals surface area contributed by atoms with E-state index in [1.807, 2.05) is 21.6 Å². The van der Waals surface area contributed by atoms with Crippen LogP contribution in [0.5, 0.6) is 11.8 Å². The van der Waals surface area contributed by atoms with E-state index in [4.69, 9.17) is 9.47 Å². The molecule has 1 aliphatic rings. The molecule has 8 heteroatoms. The first-order valence-corrected chi connectivity index (χ1v) is 10.6. The molecule has 4 aromatic rings. The minimum absolute atomic E-state index is 0.0370. The molecule has 0 saturated carbocycles. The van der Waals surface area contributed by atoms with Gasteiger partial charge in [-0.3, -0.25) is 4.79 Å². The molecule has 162 valence electrons. The lowest BCUT2D eigenvalue weighted by atomic mass is 10.0. The van der Waals surface area contributed by atoms with Crippen molar-refractivity contribution in [3.8, 4) is 11.8 Å². The molecule has 1 fully saturated rings. The number of nitrogens with zero attached hydrogens (tertiary/aromatic N) is 5. The molecular formula is C24H23N5O3. The highest BCUT2D eigenvalue weighted by molar-refractivity contribution is 5.94. The second kappa shape index (κ2) is 9.15. The van der Waals surface area contributed by atoms with Crippen molar-refractivity contribution >= 4 is 11.6 Å². The third kappa shape index (κ3) is 4.60. The summed E-state index contributed by atoms with van der Waals surface area (Å²) in [6, 6.07) is 13.2. The van der Waals surface area contributed by atoms with Crippen molar-refractivity contribution in [1.29, 1.82) is 0 Å². The summed E-state index contributed by atoms with van der Waals surface area (Å²) in [5.74, 6) is 0.697. The summed E-state index contributed by atoms with van der Waals surface area (Å²) in [5, 5.41) is 0. The molecule has 8 nitrogen and oxygen atoms in total. The van der Waals surface area contributed by atoms with Crippen molar-refractivity contribution in [3.63, 3.8) is 0 Å². The molecule has 5 rings (SSSR count). The molecule has 0 spiro atoms. The summed E-state index contributed by atoms with van der Waals surface area (Å²) in [6.45, 7) is 2.34. The van der Waals surface area contributed by atoms with Gasteiger partial charge in [-0.1, -0.05) is 12.1 Å². The number of aromatic nitrogens is 4. The number of fused-ring (bicyclic) bond motifs is 1. The molecule has 4 heterocycles. The van der Waals surface area contributed by atoms with E-state index in [2.05, 4.69) is 27.2 Å². The average Bonchev–Trinajstić information content (AvgIpc) is 3.17. The molecule has 0 aliphatic carbocycles. The molecule has 0 radical (unpaired) electrons. The number of amides is 1.